The molecule has 1 aliphatic rings. The van der Waals surface area contributed by atoms with Gasteiger partial charge in [-0.25, -0.2) is 9.97 Å². The van der Waals surface area contributed by atoms with Gasteiger partial charge >= 0.3 is 0 Å². The summed E-state index contributed by atoms with van der Waals surface area (Å²) in [4.78, 5) is 11.1. The molecule has 2 heterocycles. The standard InChI is InChI=1S/C23H26N4O2/c1-4-16-5-7-19(8-6-16)26-22-13-23(25-15-24-22)27-10-9-17-11-20(28-2)21(29-3)12-18(17)14-27/h5-8,11-13,15H,4,9-10,14H2,1-3H3,(H,24,25,26). The summed E-state index contributed by atoms with van der Waals surface area (Å²) in [6.45, 7) is 3.82. The Balaban J connectivity index is 1.53. The van der Waals surface area contributed by atoms with Crippen LogP contribution in [0, 0.1) is 0 Å². The first kappa shape index (κ1) is 19.1. The number of nitrogens with zero attached hydrogens (tertiary/aromatic N) is 3. The molecule has 0 spiro atoms. The molecular formula is C23H26N4O2. The Labute approximate surface area is 171 Å². The van der Waals surface area contributed by atoms with Crippen molar-refractivity contribution >= 4 is 17.3 Å². The SMILES string of the molecule is CCc1ccc(Nc2cc(N3CCc4cc(OC)c(OC)cc4C3)ncn2)cc1. The molecule has 0 fully saturated rings. The van der Waals surface area contributed by atoms with Crippen LogP contribution < -0.4 is 19.7 Å². The summed E-state index contributed by atoms with van der Waals surface area (Å²) in [6.07, 6.45) is 3.58. The molecule has 29 heavy (non-hydrogen) atoms. The van der Waals surface area contributed by atoms with Crippen molar-refractivity contribution in [1.29, 1.82) is 0 Å². The largest absolute Gasteiger partial charge is 0.493 e. The van der Waals surface area contributed by atoms with Gasteiger partial charge in [0.15, 0.2) is 11.5 Å². The Morgan fingerprint density at radius 3 is 2.38 bits per heavy atom. The molecule has 1 N–H and O–H groups in total. The molecule has 0 bridgehead atoms. The van der Waals surface area contributed by atoms with Crippen LogP contribution in [0.1, 0.15) is 23.6 Å². The number of nitrogens with one attached hydrogen (secondary N) is 1. The zero-order chi connectivity index (χ0) is 20.2. The Morgan fingerprint density at radius 2 is 1.69 bits per heavy atom. The molecule has 150 valence electrons. The zero-order valence-electron chi connectivity index (χ0n) is 17.1. The van der Waals surface area contributed by atoms with Crippen molar-refractivity contribution in [3.63, 3.8) is 0 Å². The van der Waals surface area contributed by atoms with E-state index in [1.54, 1.807) is 20.5 Å². The van der Waals surface area contributed by atoms with E-state index in [1.165, 1.54) is 16.7 Å². The Bertz CT molecular complexity index is 989. The number of fused-ring (bicyclic) bond motifs is 1. The molecule has 6 heteroatoms. The van der Waals surface area contributed by atoms with Crippen LogP contribution in [0.5, 0.6) is 11.5 Å². The number of aryl methyl sites for hydroxylation is 1. The van der Waals surface area contributed by atoms with Gasteiger partial charge in [-0.15, -0.1) is 0 Å². The summed E-state index contributed by atoms with van der Waals surface area (Å²) in [6, 6.07) is 14.6. The van der Waals surface area contributed by atoms with E-state index in [9.17, 15) is 0 Å². The van der Waals surface area contributed by atoms with E-state index in [1.807, 2.05) is 6.07 Å². The number of methoxy groups -OCH3 is 2. The Hall–Kier alpha value is -3.28. The van der Waals surface area contributed by atoms with Crippen LogP contribution in [0.15, 0.2) is 48.8 Å². The molecule has 0 aliphatic carbocycles. The molecule has 0 radical (unpaired) electrons. The van der Waals surface area contributed by atoms with Crippen LogP contribution >= 0.6 is 0 Å². The number of anilines is 3. The molecule has 3 aromatic rings. The predicted molar refractivity (Wildman–Crippen MR) is 115 cm³/mol. The van der Waals surface area contributed by atoms with Gasteiger partial charge in [-0.2, -0.15) is 0 Å². The van der Waals surface area contributed by atoms with E-state index in [2.05, 4.69) is 63.5 Å². The van der Waals surface area contributed by atoms with E-state index >= 15 is 0 Å². The van der Waals surface area contributed by atoms with Crippen molar-refractivity contribution in [3.05, 3.63) is 65.5 Å². The fourth-order valence-electron chi connectivity index (χ4n) is 3.64. The summed E-state index contributed by atoms with van der Waals surface area (Å²) in [5.41, 5.74) is 4.87. The topological polar surface area (TPSA) is 59.5 Å². The van der Waals surface area contributed by atoms with E-state index in [0.29, 0.717) is 0 Å². The normalized spacial score (nSPS) is 13.0. The molecular weight excluding hydrogens is 364 g/mol. The van der Waals surface area contributed by atoms with Crippen molar-refractivity contribution in [2.45, 2.75) is 26.3 Å². The molecule has 0 atom stereocenters. The number of benzene rings is 2. The van der Waals surface area contributed by atoms with Gasteiger partial charge in [0.05, 0.1) is 14.2 Å². The second-order valence-corrected chi connectivity index (χ2v) is 7.08. The molecule has 1 aromatic heterocycles. The smallest absolute Gasteiger partial charge is 0.161 e. The molecule has 0 amide bonds. The van der Waals surface area contributed by atoms with Crippen LogP contribution in [0.25, 0.3) is 0 Å². The van der Waals surface area contributed by atoms with Gasteiger partial charge in [-0.05, 0) is 53.8 Å². The highest BCUT2D eigenvalue weighted by molar-refractivity contribution is 5.60. The maximum Gasteiger partial charge on any atom is 0.161 e. The zero-order valence-corrected chi connectivity index (χ0v) is 17.1. The second kappa shape index (κ2) is 8.39. The Morgan fingerprint density at radius 1 is 0.966 bits per heavy atom. The minimum atomic E-state index is 0.758. The summed E-state index contributed by atoms with van der Waals surface area (Å²) < 4.78 is 10.9. The van der Waals surface area contributed by atoms with Gasteiger partial charge in [-0.3, -0.25) is 0 Å². The second-order valence-electron chi connectivity index (χ2n) is 7.08. The molecule has 0 saturated carbocycles. The van der Waals surface area contributed by atoms with Crippen LogP contribution in [0.3, 0.4) is 0 Å². The monoisotopic (exact) mass is 390 g/mol. The van der Waals surface area contributed by atoms with Crippen LogP contribution in [-0.2, 0) is 19.4 Å². The third-order valence-electron chi connectivity index (χ3n) is 5.33. The highest BCUT2D eigenvalue weighted by Gasteiger charge is 2.20. The average molecular weight is 390 g/mol. The minimum absolute atomic E-state index is 0.758. The van der Waals surface area contributed by atoms with Crippen molar-refractivity contribution < 1.29 is 9.47 Å². The van der Waals surface area contributed by atoms with Gasteiger partial charge in [-0.1, -0.05) is 19.1 Å². The summed E-state index contributed by atoms with van der Waals surface area (Å²) in [5, 5.41) is 3.37. The average Bonchev–Trinajstić information content (AvgIpc) is 2.78. The van der Waals surface area contributed by atoms with Crippen molar-refractivity contribution in [2.75, 3.05) is 31.0 Å². The highest BCUT2D eigenvalue weighted by Crippen LogP contribution is 2.34. The van der Waals surface area contributed by atoms with E-state index in [4.69, 9.17) is 9.47 Å². The van der Waals surface area contributed by atoms with E-state index in [-0.39, 0.29) is 0 Å². The maximum absolute atomic E-state index is 5.47. The summed E-state index contributed by atoms with van der Waals surface area (Å²) in [5.74, 6) is 3.24. The van der Waals surface area contributed by atoms with Gasteiger partial charge in [0.1, 0.15) is 18.0 Å². The van der Waals surface area contributed by atoms with Crippen molar-refractivity contribution in [3.8, 4) is 11.5 Å². The summed E-state index contributed by atoms with van der Waals surface area (Å²) >= 11 is 0. The molecule has 0 unspecified atom stereocenters. The molecule has 6 nitrogen and oxygen atoms in total. The van der Waals surface area contributed by atoms with Gasteiger partial charge in [0.2, 0.25) is 0 Å². The van der Waals surface area contributed by atoms with Crippen molar-refractivity contribution in [1.82, 2.24) is 9.97 Å². The minimum Gasteiger partial charge on any atom is -0.493 e. The first-order valence-electron chi connectivity index (χ1n) is 9.87. The van der Waals surface area contributed by atoms with Gasteiger partial charge in [0.25, 0.3) is 0 Å². The third kappa shape index (κ3) is 4.11. The highest BCUT2D eigenvalue weighted by atomic mass is 16.5. The third-order valence-corrected chi connectivity index (χ3v) is 5.33. The lowest BCUT2D eigenvalue weighted by Crippen LogP contribution is -2.31. The van der Waals surface area contributed by atoms with Crippen molar-refractivity contribution in [2.24, 2.45) is 0 Å². The first-order chi connectivity index (χ1) is 14.2. The molecule has 2 aromatic carbocycles. The fraction of sp³-hybridized carbons (Fsp3) is 0.304. The molecule has 0 saturated heterocycles. The number of aromatic nitrogens is 2. The molecule has 4 rings (SSSR count). The van der Waals surface area contributed by atoms with Crippen LogP contribution in [0.2, 0.25) is 0 Å². The maximum atomic E-state index is 5.47. The first-order valence-corrected chi connectivity index (χ1v) is 9.87. The van der Waals surface area contributed by atoms with Gasteiger partial charge in [0, 0.05) is 24.8 Å². The number of hydrogen-bond acceptors (Lipinski definition) is 6. The molecule has 1 aliphatic heterocycles. The lowest BCUT2D eigenvalue weighted by Gasteiger charge is -2.30. The quantitative estimate of drug-likeness (QED) is 0.675. The Kier molecular flexibility index (Phi) is 5.51. The van der Waals surface area contributed by atoms with Gasteiger partial charge < -0.3 is 19.7 Å². The number of hydrogen-bond donors (Lipinski definition) is 1. The lowest BCUT2D eigenvalue weighted by atomic mass is 9.99. The van der Waals surface area contributed by atoms with E-state index < -0.39 is 0 Å². The van der Waals surface area contributed by atoms with E-state index in [0.717, 1.165) is 54.8 Å². The lowest BCUT2D eigenvalue weighted by molar-refractivity contribution is 0.353. The number of rotatable bonds is 6. The van der Waals surface area contributed by atoms with Crippen LogP contribution in [0.4, 0.5) is 17.3 Å². The predicted octanol–water partition coefficient (Wildman–Crippen LogP) is 4.36. The number of ether oxygens (including phenoxy) is 2. The van der Waals surface area contributed by atoms with Crippen LogP contribution in [-0.4, -0.2) is 30.7 Å². The summed E-state index contributed by atoms with van der Waals surface area (Å²) in [7, 11) is 3.34. The fourth-order valence-corrected chi connectivity index (χ4v) is 3.64.